The number of ether oxygens (including phenoxy) is 1. The highest BCUT2D eigenvalue weighted by atomic mass is 35.5. The van der Waals surface area contributed by atoms with Crippen LogP contribution in [-0.4, -0.2) is 7.11 Å². The Hall–Kier alpha value is -1.51. The van der Waals surface area contributed by atoms with Gasteiger partial charge in [0.05, 0.1) is 7.11 Å². The van der Waals surface area contributed by atoms with Crippen molar-refractivity contribution < 1.29 is 4.74 Å². The molecule has 3 heteroatoms. The maximum Gasteiger partial charge on any atom is 0.126 e. The molecular weight excluding hydrogens is 246 g/mol. The fourth-order valence-corrected chi connectivity index (χ4v) is 2.24. The van der Waals surface area contributed by atoms with Gasteiger partial charge in [-0.25, -0.2) is 0 Å². The first kappa shape index (κ1) is 12.9. The summed E-state index contributed by atoms with van der Waals surface area (Å²) in [6.45, 7) is 2.54. The number of hydrogen-bond acceptors (Lipinski definition) is 2. The Morgan fingerprint density at radius 2 is 1.89 bits per heavy atom. The summed E-state index contributed by atoms with van der Waals surface area (Å²) in [7, 11) is 1.66. The van der Waals surface area contributed by atoms with Gasteiger partial charge in [-0.1, -0.05) is 35.4 Å². The molecule has 2 aromatic carbocycles. The van der Waals surface area contributed by atoms with Gasteiger partial charge in [0.2, 0.25) is 0 Å². The number of rotatable bonds is 3. The molecule has 94 valence electrons. The molecule has 0 unspecified atom stereocenters. The average molecular weight is 262 g/mol. The number of nitrogens with two attached hydrogens (primary N) is 1. The van der Waals surface area contributed by atoms with Crippen LogP contribution < -0.4 is 10.5 Å². The van der Waals surface area contributed by atoms with Crippen molar-refractivity contribution in [2.75, 3.05) is 7.11 Å². The molecule has 0 fully saturated rings. The summed E-state index contributed by atoms with van der Waals surface area (Å²) in [5, 5.41) is 0.696. The van der Waals surface area contributed by atoms with Gasteiger partial charge in [0.15, 0.2) is 0 Å². The normalized spacial score (nSPS) is 10.4. The summed E-state index contributed by atoms with van der Waals surface area (Å²) >= 11 is 6.31. The molecule has 0 bridgehead atoms. The van der Waals surface area contributed by atoms with Gasteiger partial charge in [-0.2, -0.15) is 0 Å². The van der Waals surface area contributed by atoms with Gasteiger partial charge < -0.3 is 10.5 Å². The summed E-state index contributed by atoms with van der Waals surface area (Å²) in [4.78, 5) is 0. The molecule has 0 spiro atoms. The minimum absolute atomic E-state index is 0.491. The second kappa shape index (κ2) is 5.42. The van der Waals surface area contributed by atoms with Crippen LogP contribution in [0.3, 0.4) is 0 Å². The molecule has 2 nitrogen and oxygen atoms in total. The molecular formula is C15H16ClNO. The lowest BCUT2D eigenvalue weighted by Gasteiger charge is -2.12. The van der Waals surface area contributed by atoms with E-state index in [9.17, 15) is 0 Å². The molecule has 2 aromatic rings. The molecule has 0 aliphatic heterocycles. The van der Waals surface area contributed by atoms with Gasteiger partial charge in [-0.05, 0) is 30.7 Å². The highest BCUT2D eigenvalue weighted by Gasteiger charge is 2.10. The van der Waals surface area contributed by atoms with Crippen LogP contribution in [0, 0.1) is 6.92 Å². The Kier molecular flexibility index (Phi) is 3.90. The van der Waals surface area contributed by atoms with E-state index in [1.165, 1.54) is 5.56 Å². The summed E-state index contributed by atoms with van der Waals surface area (Å²) < 4.78 is 5.38. The minimum atomic E-state index is 0.491. The van der Waals surface area contributed by atoms with Crippen molar-refractivity contribution in [3.63, 3.8) is 0 Å². The zero-order valence-corrected chi connectivity index (χ0v) is 11.3. The third-order valence-electron chi connectivity index (χ3n) is 2.91. The lowest BCUT2D eigenvalue weighted by molar-refractivity contribution is 0.416. The first-order valence-electron chi connectivity index (χ1n) is 5.79. The van der Waals surface area contributed by atoms with Crippen molar-refractivity contribution in [2.45, 2.75) is 13.5 Å². The lowest BCUT2D eigenvalue weighted by Crippen LogP contribution is -1.96. The Morgan fingerprint density at radius 3 is 2.50 bits per heavy atom. The van der Waals surface area contributed by atoms with E-state index in [-0.39, 0.29) is 0 Å². The molecule has 0 saturated heterocycles. The van der Waals surface area contributed by atoms with E-state index in [4.69, 9.17) is 22.1 Å². The Bertz CT molecular complexity index is 566. The number of hydrogen-bond donors (Lipinski definition) is 1. The van der Waals surface area contributed by atoms with E-state index in [2.05, 4.69) is 6.07 Å². The first-order valence-corrected chi connectivity index (χ1v) is 6.17. The summed E-state index contributed by atoms with van der Waals surface area (Å²) in [6, 6.07) is 11.9. The lowest BCUT2D eigenvalue weighted by atomic mass is 10.0. The molecule has 0 heterocycles. The molecule has 0 aliphatic rings. The maximum atomic E-state index is 6.31. The largest absolute Gasteiger partial charge is 0.496 e. The second-order valence-corrected chi connectivity index (χ2v) is 4.63. The van der Waals surface area contributed by atoms with Crippen molar-refractivity contribution >= 4 is 11.6 Å². The number of benzene rings is 2. The average Bonchev–Trinajstić information content (AvgIpc) is 2.38. The van der Waals surface area contributed by atoms with E-state index in [0.717, 1.165) is 22.4 Å². The van der Waals surface area contributed by atoms with Crippen molar-refractivity contribution in [1.29, 1.82) is 0 Å². The van der Waals surface area contributed by atoms with Crippen LogP contribution in [0.1, 0.15) is 11.1 Å². The second-order valence-electron chi connectivity index (χ2n) is 4.22. The molecule has 0 saturated carbocycles. The van der Waals surface area contributed by atoms with Gasteiger partial charge in [0.1, 0.15) is 5.75 Å². The number of methoxy groups -OCH3 is 1. The fourth-order valence-electron chi connectivity index (χ4n) is 1.94. The maximum absolute atomic E-state index is 6.31. The summed E-state index contributed by atoms with van der Waals surface area (Å²) in [5.41, 5.74) is 9.77. The van der Waals surface area contributed by atoms with Crippen molar-refractivity contribution in [1.82, 2.24) is 0 Å². The third-order valence-corrected chi connectivity index (χ3v) is 3.23. The van der Waals surface area contributed by atoms with Crippen LogP contribution in [-0.2, 0) is 6.54 Å². The van der Waals surface area contributed by atoms with Crippen LogP contribution in [0.4, 0.5) is 0 Å². The zero-order chi connectivity index (χ0) is 13.1. The quantitative estimate of drug-likeness (QED) is 0.913. The highest BCUT2D eigenvalue weighted by Crippen LogP contribution is 2.35. The Balaban J connectivity index is 2.57. The van der Waals surface area contributed by atoms with E-state index in [0.29, 0.717) is 11.6 Å². The monoisotopic (exact) mass is 261 g/mol. The van der Waals surface area contributed by atoms with Crippen LogP contribution in [0.25, 0.3) is 11.1 Å². The van der Waals surface area contributed by atoms with Crippen molar-refractivity contribution in [2.24, 2.45) is 5.73 Å². The molecule has 2 N–H and O–H groups in total. The van der Waals surface area contributed by atoms with Gasteiger partial charge in [-0.15, -0.1) is 0 Å². The van der Waals surface area contributed by atoms with E-state index < -0.39 is 0 Å². The van der Waals surface area contributed by atoms with Crippen molar-refractivity contribution in [3.05, 3.63) is 52.5 Å². The van der Waals surface area contributed by atoms with Gasteiger partial charge >= 0.3 is 0 Å². The van der Waals surface area contributed by atoms with Crippen LogP contribution >= 0.6 is 11.6 Å². The molecule has 0 atom stereocenters. The Labute approximate surface area is 112 Å². The highest BCUT2D eigenvalue weighted by molar-refractivity contribution is 6.33. The first-order chi connectivity index (χ1) is 8.65. The number of halogens is 1. The standard InChI is InChI=1S/C15H16ClNO/c1-10-3-6-15(18-2)13(7-10)12-5-4-11(9-17)8-14(12)16/h3-8H,9,17H2,1-2H3. The fraction of sp³-hybridized carbons (Fsp3) is 0.200. The topological polar surface area (TPSA) is 35.2 Å². The van der Waals surface area contributed by atoms with E-state index >= 15 is 0 Å². The van der Waals surface area contributed by atoms with Gasteiger partial charge in [0.25, 0.3) is 0 Å². The molecule has 0 radical (unpaired) electrons. The molecule has 0 amide bonds. The van der Waals surface area contributed by atoms with Crippen LogP contribution in [0.2, 0.25) is 5.02 Å². The third kappa shape index (κ3) is 2.50. The Morgan fingerprint density at radius 1 is 1.11 bits per heavy atom. The van der Waals surface area contributed by atoms with E-state index in [1.54, 1.807) is 7.11 Å². The summed E-state index contributed by atoms with van der Waals surface area (Å²) in [5.74, 6) is 0.822. The molecule has 2 rings (SSSR count). The predicted octanol–water partition coefficient (Wildman–Crippen LogP) is 3.78. The van der Waals surface area contributed by atoms with Crippen molar-refractivity contribution in [3.8, 4) is 16.9 Å². The van der Waals surface area contributed by atoms with E-state index in [1.807, 2.05) is 37.3 Å². The molecule has 0 aromatic heterocycles. The van der Waals surface area contributed by atoms with Gasteiger partial charge in [0, 0.05) is 22.7 Å². The smallest absolute Gasteiger partial charge is 0.126 e. The zero-order valence-electron chi connectivity index (χ0n) is 10.5. The number of aryl methyl sites for hydroxylation is 1. The van der Waals surface area contributed by atoms with Crippen LogP contribution in [0.15, 0.2) is 36.4 Å². The molecule has 0 aliphatic carbocycles. The minimum Gasteiger partial charge on any atom is -0.496 e. The predicted molar refractivity (Wildman–Crippen MR) is 76.1 cm³/mol. The van der Waals surface area contributed by atoms with Gasteiger partial charge in [-0.3, -0.25) is 0 Å². The molecule has 18 heavy (non-hydrogen) atoms. The van der Waals surface area contributed by atoms with Crippen LogP contribution in [0.5, 0.6) is 5.75 Å². The summed E-state index contributed by atoms with van der Waals surface area (Å²) in [6.07, 6.45) is 0. The SMILES string of the molecule is COc1ccc(C)cc1-c1ccc(CN)cc1Cl.